The molecule has 2 rings (SSSR count). The molecule has 2 aromatic rings. The van der Waals surface area contributed by atoms with Gasteiger partial charge in [0.1, 0.15) is 9.77 Å². The monoisotopic (exact) mass is 345 g/mol. The summed E-state index contributed by atoms with van der Waals surface area (Å²) in [4.78, 5) is 12.7. The van der Waals surface area contributed by atoms with E-state index in [-0.39, 0.29) is 15.8 Å². The fourth-order valence-electron chi connectivity index (χ4n) is 1.81. The largest absolute Gasteiger partial charge is 0.465 e. The molecule has 0 aliphatic rings. The highest BCUT2D eigenvalue weighted by molar-refractivity contribution is 7.89. The quantitative estimate of drug-likeness (QED) is 0.782. The van der Waals surface area contributed by atoms with E-state index in [1.807, 2.05) is 24.4 Å². The lowest BCUT2D eigenvalue weighted by Crippen LogP contribution is -2.30. The van der Waals surface area contributed by atoms with Crippen molar-refractivity contribution in [2.45, 2.75) is 17.9 Å². The molecule has 2 heterocycles. The molecule has 1 unspecified atom stereocenters. The molecule has 0 N–H and O–H groups in total. The van der Waals surface area contributed by atoms with Crippen LogP contribution in [0, 0.1) is 0 Å². The molecule has 8 heteroatoms. The van der Waals surface area contributed by atoms with E-state index in [0.29, 0.717) is 0 Å². The van der Waals surface area contributed by atoms with Crippen LogP contribution in [0.2, 0.25) is 0 Å². The molecule has 0 saturated heterocycles. The fourth-order valence-corrected chi connectivity index (χ4v) is 5.35. The van der Waals surface area contributed by atoms with E-state index in [0.717, 1.165) is 16.2 Å². The minimum atomic E-state index is -3.76. The Bertz CT molecular complexity index is 718. The van der Waals surface area contributed by atoms with Gasteiger partial charge in [-0.2, -0.15) is 4.31 Å². The molecule has 2 aromatic heterocycles. The molecule has 1 atom stereocenters. The first-order chi connectivity index (χ1) is 9.89. The molecule has 0 spiro atoms. The summed E-state index contributed by atoms with van der Waals surface area (Å²) in [5, 5.41) is 3.47. The van der Waals surface area contributed by atoms with Crippen molar-refractivity contribution in [3.05, 3.63) is 38.7 Å². The van der Waals surface area contributed by atoms with Gasteiger partial charge in [-0.15, -0.1) is 22.7 Å². The first-order valence-electron chi connectivity index (χ1n) is 6.06. The van der Waals surface area contributed by atoms with E-state index in [1.165, 1.54) is 35.9 Å². The molecule has 0 amide bonds. The van der Waals surface area contributed by atoms with Crippen LogP contribution < -0.4 is 0 Å². The normalized spacial score (nSPS) is 13.3. The van der Waals surface area contributed by atoms with E-state index < -0.39 is 16.0 Å². The first kappa shape index (κ1) is 16.2. The van der Waals surface area contributed by atoms with Crippen LogP contribution in [0.25, 0.3) is 0 Å². The topological polar surface area (TPSA) is 63.7 Å². The van der Waals surface area contributed by atoms with Crippen LogP contribution in [0.1, 0.15) is 27.5 Å². The highest BCUT2D eigenvalue weighted by Gasteiger charge is 2.31. The van der Waals surface area contributed by atoms with Crippen molar-refractivity contribution in [1.29, 1.82) is 0 Å². The standard InChI is InChI=1S/C13H15NO4S3/c1-9(10-5-4-7-19-10)14(2)21(16,17)11-6-8-20-12(11)13(15)18-3/h4-9H,1-3H3. The number of carbonyl (C=O) groups is 1. The van der Waals surface area contributed by atoms with Gasteiger partial charge in [0.25, 0.3) is 0 Å². The predicted octanol–water partition coefficient (Wildman–Crippen LogP) is 2.98. The summed E-state index contributed by atoms with van der Waals surface area (Å²) < 4.78 is 31.3. The lowest BCUT2D eigenvalue weighted by Gasteiger charge is -2.23. The molecule has 0 saturated carbocycles. The number of hydrogen-bond acceptors (Lipinski definition) is 6. The van der Waals surface area contributed by atoms with E-state index in [1.54, 1.807) is 5.38 Å². The van der Waals surface area contributed by atoms with Crippen LogP contribution in [0.3, 0.4) is 0 Å². The van der Waals surface area contributed by atoms with Crippen LogP contribution in [-0.2, 0) is 14.8 Å². The number of esters is 1. The molecule has 114 valence electrons. The Hall–Kier alpha value is -1.22. The van der Waals surface area contributed by atoms with Crippen molar-refractivity contribution < 1.29 is 17.9 Å². The van der Waals surface area contributed by atoms with Gasteiger partial charge in [0.15, 0.2) is 0 Å². The summed E-state index contributed by atoms with van der Waals surface area (Å²) in [5.74, 6) is -0.638. The van der Waals surface area contributed by atoms with Crippen LogP contribution in [0.4, 0.5) is 0 Å². The highest BCUT2D eigenvalue weighted by Crippen LogP contribution is 2.31. The third kappa shape index (κ3) is 3.03. The second-order valence-electron chi connectivity index (χ2n) is 4.32. The average molecular weight is 345 g/mol. The Morgan fingerprint density at radius 3 is 2.57 bits per heavy atom. The Kier molecular flexibility index (Phi) is 4.82. The SMILES string of the molecule is COC(=O)c1sccc1S(=O)(=O)N(C)C(C)c1cccs1. The van der Waals surface area contributed by atoms with E-state index in [9.17, 15) is 13.2 Å². The van der Waals surface area contributed by atoms with E-state index >= 15 is 0 Å². The lowest BCUT2D eigenvalue weighted by molar-refractivity contribution is 0.0602. The Morgan fingerprint density at radius 2 is 2.00 bits per heavy atom. The summed E-state index contributed by atoms with van der Waals surface area (Å²) in [5.41, 5.74) is 0. The molecule has 0 aromatic carbocycles. The lowest BCUT2D eigenvalue weighted by atomic mass is 10.3. The van der Waals surface area contributed by atoms with Gasteiger partial charge in [-0.25, -0.2) is 13.2 Å². The van der Waals surface area contributed by atoms with Gasteiger partial charge < -0.3 is 4.74 Å². The first-order valence-corrected chi connectivity index (χ1v) is 9.26. The third-order valence-corrected chi connectivity index (χ3v) is 7.19. The Balaban J connectivity index is 2.38. The van der Waals surface area contributed by atoms with Crippen molar-refractivity contribution in [2.24, 2.45) is 0 Å². The van der Waals surface area contributed by atoms with Crippen molar-refractivity contribution >= 4 is 38.7 Å². The smallest absolute Gasteiger partial charge is 0.349 e. The second kappa shape index (κ2) is 6.27. The van der Waals surface area contributed by atoms with Gasteiger partial charge in [-0.3, -0.25) is 0 Å². The molecule has 0 aliphatic carbocycles. The molecule has 5 nitrogen and oxygen atoms in total. The second-order valence-corrected chi connectivity index (χ2v) is 8.18. The Labute approximate surface area is 131 Å². The van der Waals surface area contributed by atoms with Gasteiger partial charge in [-0.05, 0) is 29.8 Å². The third-order valence-electron chi connectivity index (χ3n) is 3.16. The number of sulfonamides is 1. The van der Waals surface area contributed by atoms with Crippen molar-refractivity contribution in [2.75, 3.05) is 14.2 Å². The van der Waals surface area contributed by atoms with Crippen LogP contribution in [0.5, 0.6) is 0 Å². The van der Waals surface area contributed by atoms with Crippen LogP contribution in [-0.4, -0.2) is 32.8 Å². The number of thiophene rings is 2. The molecule has 0 bridgehead atoms. The number of methoxy groups -OCH3 is 1. The minimum absolute atomic E-state index is 0.00902. The predicted molar refractivity (Wildman–Crippen MR) is 83.3 cm³/mol. The number of nitrogens with zero attached hydrogens (tertiary/aromatic N) is 1. The van der Waals surface area contributed by atoms with Crippen LogP contribution in [0.15, 0.2) is 33.9 Å². The zero-order valence-corrected chi connectivity index (χ0v) is 14.2. The number of rotatable bonds is 5. The van der Waals surface area contributed by atoms with Crippen molar-refractivity contribution in [3.8, 4) is 0 Å². The maximum absolute atomic E-state index is 12.7. The van der Waals surface area contributed by atoms with Gasteiger partial charge in [0, 0.05) is 11.9 Å². The highest BCUT2D eigenvalue weighted by atomic mass is 32.2. The van der Waals surface area contributed by atoms with Gasteiger partial charge in [0.05, 0.1) is 13.2 Å². The van der Waals surface area contributed by atoms with Crippen molar-refractivity contribution in [3.63, 3.8) is 0 Å². The zero-order valence-electron chi connectivity index (χ0n) is 11.8. The number of carbonyl (C=O) groups excluding carboxylic acids is 1. The molecular weight excluding hydrogens is 330 g/mol. The number of hydrogen-bond donors (Lipinski definition) is 0. The maximum Gasteiger partial charge on any atom is 0.349 e. The molecule has 0 fully saturated rings. The molecule has 0 aliphatic heterocycles. The van der Waals surface area contributed by atoms with Gasteiger partial charge in [0.2, 0.25) is 10.0 Å². The Morgan fingerprint density at radius 1 is 1.29 bits per heavy atom. The minimum Gasteiger partial charge on any atom is -0.465 e. The number of ether oxygens (including phenoxy) is 1. The van der Waals surface area contributed by atoms with E-state index in [2.05, 4.69) is 4.74 Å². The van der Waals surface area contributed by atoms with Crippen molar-refractivity contribution in [1.82, 2.24) is 4.31 Å². The summed E-state index contributed by atoms with van der Waals surface area (Å²) in [6.07, 6.45) is 0. The maximum atomic E-state index is 12.7. The van der Waals surface area contributed by atoms with E-state index in [4.69, 9.17) is 0 Å². The molecular formula is C13H15NO4S3. The molecule has 0 radical (unpaired) electrons. The summed E-state index contributed by atoms with van der Waals surface area (Å²) in [7, 11) is -1.01. The summed E-state index contributed by atoms with van der Waals surface area (Å²) >= 11 is 2.55. The summed E-state index contributed by atoms with van der Waals surface area (Å²) in [6, 6.07) is 4.89. The van der Waals surface area contributed by atoms with Gasteiger partial charge in [-0.1, -0.05) is 6.07 Å². The zero-order chi connectivity index (χ0) is 15.6. The van der Waals surface area contributed by atoms with Crippen LogP contribution >= 0.6 is 22.7 Å². The summed E-state index contributed by atoms with van der Waals surface area (Å²) in [6.45, 7) is 1.81. The van der Waals surface area contributed by atoms with Gasteiger partial charge >= 0.3 is 5.97 Å². The fraction of sp³-hybridized carbons (Fsp3) is 0.308. The average Bonchev–Trinajstić information content (AvgIpc) is 3.15. The molecule has 21 heavy (non-hydrogen) atoms.